The molecule has 0 N–H and O–H groups in total. The van der Waals surface area contributed by atoms with E-state index in [1.807, 2.05) is 12.4 Å². The second-order valence-electron chi connectivity index (χ2n) is 4.89. The molecule has 0 aromatic carbocycles. The Morgan fingerprint density at radius 2 is 2.29 bits per heavy atom. The van der Waals surface area contributed by atoms with Gasteiger partial charge in [-0.1, -0.05) is 0 Å². The zero-order valence-corrected chi connectivity index (χ0v) is 10.6. The molecule has 1 aromatic rings. The number of hydrogen-bond acceptors (Lipinski definition) is 3. The summed E-state index contributed by atoms with van der Waals surface area (Å²) in [5, 5.41) is 0. The Hall–Kier alpha value is -1.29. The van der Waals surface area contributed by atoms with Crippen LogP contribution in [0.5, 0.6) is 0 Å². The second kappa shape index (κ2) is 4.53. The van der Waals surface area contributed by atoms with Crippen molar-refractivity contribution in [1.29, 1.82) is 0 Å². The number of carbonyl (C=O) groups excluding carboxylic acids is 1. The largest absolute Gasteiger partial charge is 0.465 e. The number of rotatable bonds is 3. The van der Waals surface area contributed by atoms with Gasteiger partial charge in [0.05, 0.1) is 18.3 Å². The number of nitrogens with zero attached hydrogens (tertiary/aromatic N) is 1. The van der Waals surface area contributed by atoms with Crippen LogP contribution in [0.3, 0.4) is 0 Å². The van der Waals surface area contributed by atoms with Crippen LogP contribution in [0.15, 0.2) is 18.5 Å². The molecule has 0 radical (unpaired) electrons. The van der Waals surface area contributed by atoms with E-state index in [4.69, 9.17) is 9.47 Å². The summed E-state index contributed by atoms with van der Waals surface area (Å²) in [4.78, 5) is 11.4. The van der Waals surface area contributed by atoms with Gasteiger partial charge in [-0.25, -0.2) is 4.79 Å². The maximum absolute atomic E-state index is 11.4. The third kappa shape index (κ3) is 2.36. The highest BCUT2D eigenvalue weighted by Gasteiger charge is 2.35. The number of hydrogen-bond donors (Lipinski definition) is 0. The number of carbonyl (C=O) groups is 1. The van der Waals surface area contributed by atoms with Crippen molar-refractivity contribution in [2.45, 2.75) is 37.8 Å². The Balaban J connectivity index is 2.09. The Kier molecular flexibility index (Phi) is 3.24. The molecule has 0 aliphatic heterocycles. The van der Waals surface area contributed by atoms with Crippen LogP contribution in [0.4, 0.5) is 0 Å². The molecule has 4 heteroatoms. The molecule has 1 aliphatic rings. The molecule has 0 spiro atoms. The van der Waals surface area contributed by atoms with Gasteiger partial charge in [0.1, 0.15) is 0 Å². The van der Waals surface area contributed by atoms with Crippen molar-refractivity contribution in [2.24, 2.45) is 0 Å². The lowest BCUT2D eigenvalue weighted by atomic mass is 10.1. The van der Waals surface area contributed by atoms with Crippen molar-refractivity contribution >= 4 is 5.97 Å². The summed E-state index contributed by atoms with van der Waals surface area (Å²) < 4.78 is 12.3. The van der Waals surface area contributed by atoms with Crippen molar-refractivity contribution in [2.75, 3.05) is 14.2 Å². The monoisotopic (exact) mass is 237 g/mol. The van der Waals surface area contributed by atoms with Crippen LogP contribution in [0.25, 0.3) is 0 Å². The minimum absolute atomic E-state index is 0.0274. The molecule has 1 saturated carbocycles. The average Bonchev–Trinajstić information content (AvgIpc) is 2.95. The van der Waals surface area contributed by atoms with Gasteiger partial charge < -0.3 is 14.0 Å². The summed E-state index contributed by atoms with van der Waals surface area (Å²) in [5.41, 5.74) is 0.582. The van der Waals surface area contributed by atoms with Gasteiger partial charge in [0, 0.05) is 25.5 Å². The van der Waals surface area contributed by atoms with Crippen LogP contribution in [0.1, 0.15) is 42.6 Å². The van der Waals surface area contributed by atoms with Crippen LogP contribution in [-0.4, -0.2) is 30.4 Å². The molecule has 17 heavy (non-hydrogen) atoms. The van der Waals surface area contributed by atoms with Gasteiger partial charge >= 0.3 is 5.97 Å². The quantitative estimate of drug-likeness (QED) is 0.758. The van der Waals surface area contributed by atoms with E-state index in [1.165, 1.54) is 7.11 Å². The Bertz CT molecular complexity index is 413. The van der Waals surface area contributed by atoms with Crippen molar-refractivity contribution in [3.8, 4) is 0 Å². The summed E-state index contributed by atoms with van der Waals surface area (Å²) in [5.74, 6) is -0.281. The minimum atomic E-state index is -0.281. The Morgan fingerprint density at radius 1 is 1.53 bits per heavy atom. The zero-order valence-electron chi connectivity index (χ0n) is 10.6. The SMILES string of the molecule is COC(=O)c1ccn(C2CCC(C)(OC)C2)c1. The summed E-state index contributed by atoms with van der Waals surface area (Å²) in [6.07, 6.45) is 6.93. The van der Waals surface area contributed by atoms with E-state index in [2.05, 4.69) is 11.5 Å². The molecule has 2 rings (SSSR count). The lowest BCUT2D eigenvalue weighted by molar-refractivity contribution is 0.00962. The second-order valence-corrected chi connectivity index (χ2v) is 4.89. The van der Waals surface area contributed by atoms with Gasteiger partial charge in [0.2, 0.25) is 0 Å². The molecule has 2 atom stereocenters. The third-order valence-electron chi connectivity index (χ3n) is 3.72. The molecule has 1 aliphatic carbocycles. The summed E-state index contributed by atoms with van der Waals surface area (Å²) in [7, 11) is 3.16. The van der Waals surface area contributed by atoms with Gasteiger partial charge in [-0.2, -0.15) is 0 Å². The van der Waals surface area contributed by atoms with Crippen LogP contribution < -0.4 is 0 Å². The Morgan fingerprint density at radius 3 is 2.88 bits per heavy atom. The van der Waals surface area contributed by atoms with Crippen molar-refractivity contribution in [1.82, 2.24) is 4.57 Å². The number of methoxy groups -OCH3 is 2. The third-order valence-corrected chi connectivity index (χ3v) is 3.72. The van der Waals surface area contributed by atoms with E-state index < -0.39 is 0 Å². The standard InChI is InChI=1S/C13H19NO3/c1-13(17-3)6-4-11(8-13)14-7-5-10(9-14)12(15)16-2/h5,7,9,11H,4,6,8H2,1-3H3. The van der Waals surface area contributed by atoms with Gasteiger partial charge in [0.15, 0.2) is 0 Å². The minimum Gasteiger partial charge on any atom is -0.465 e. The maximum atomic E-state index is 11.4. The highest BCUT2D eigenvalue weighted by Crippen LogP contribution is 2.39. The van der Waals surface area contributed by atoms with Gasteiger partial charge in [-0.05, 0) is 32.3 Å². The molecule has 4 nitrogen and oxygen atoms in total. The predicted octanol–water partition coefficient (Wildman–Crippen LogP) is 2.40. The number of esters is 1. The van der Waals surface area contributed by atoms with E-state index in [0.717, 1.165) is 19.3 Å². The first-order chi connectivity index (χ1) is 8.08. The molecule has 0 amide bonds. The van der Waals surface area contributed by atoms with Gasteiger partial charge in [0.25, 0.3) is 0 Å². The van der Waals surface area contributed by atoms with E-state index in [-0.39, 0.29) is 11.6 Å². The fraction of sp³-hybridized carbons (Fsp3) is 0.615. The van der Waals surface area contributed by atoms with Crippen LogP contribution in [0.2, 0.25) is 0 Å². The molecule has 1 fully saturated rings. The van der Waals surface area contributed by atoms with E-state index >= 15 is 0 Å². The number of ether oxygens (including phenoxy) is 2. The lowest BCUT2D eigenvalue weighted by Crippen LogP contribution is -2.23. The molecule has 94 valence electrons. The highest BCUT2D eigenvalue weighted by atomic mass is 16.5. The van der Waals surface area contributed by atoms with Crippen LogP contribution in [-0.2, 0) is 9.47 Å². The van der Waals surface area contributed by atoms with E-state index in [0.29, 0.717) is 11.6 Å². The van der Waals surface area contributed by atoms with Crippen molar-refractivity contribution < 1.29 is 14.3 Å². The molecular weight excluding hydrogens is 218 g/mol. The molecule has 0 saturated heterocycles. The van der Waals surface area contributed by atoms with Crippen molar-refractivity contribution in [3.05, 3.63) is 24.0 Å². The smallest absolute Gasteiger partial charge is 0.339 e. The normalized spacial score (nSPS) is 28.3. The first-order valence-electron chi connectivity index (χ1n) is 5.89. The summed E-state index contributed by atoms with van der Waals surface area (Å²) in [6, 6.07) is 2.22. The van der Waals surface area contributed by atoms with Crippen molar-refractivity contribution in [3.63, 3.8) is 0 Å². The lowest BCUT2D eigenvalue weighted by Gasteiger charge is -2.22. The van der Waals surface area contributed by atoms with Gasteiger partial charge in [-0.3, -0.25) is 0 Å². The Labute approximate surface area is 102 Å². The fourth-order valence-electron chi connectivity index (χ4n) is 2.49. The topological polar surface area (TPSA) is 40.5 Å². The van der Waals surface area contributed by atoms with Gasteiger partial charge in [-0.15, -0.1) is 0 Å². The van der Waals surface area contributed by atoms with E-state index in [1.54, 1.807) is 13.2 Å². The first-order valence-corrected chi connectivity index (χ1v) is 5.89. The summed E-state index contributed by atoms with van der Waals surface area (Å²) >= 11 is 0. The average molecular weight is 237 g/mol. The molecular formula is C13H19NO3. The maximum Gasteiger partial charge on any atom is 0.339 e. The first kappa shape index (κ1) is 12.2. The highest BCUT2D eigenvalue weighted by molar-refractivity contribution is 5.89. The predicted molar refractivity (Wildman–Crippen MR) is 64.1 cm³/mol. The van der Waals surface area contributed by atoms with Crippen LogP contribution in [0, 0.1) is 0 Å². The fourth-order valence-corrected chi connectivity index (χ4v) is 2.49. The molecule has 1 aromatic heterocycles. The zero-order chi connectivity index (χ0) is 12.5. The molecule has 2 unspecified atom stereocenters. The van der Waals surface area contributed by atoms with E-state index in [9.17, 15) is 4.79 Å². The summed E-state index contributed by atoms with van der Waals surface area (Å²) in [6.45, 7) is 2.14. The molecule has 1 heterocycles. The number of aromatic nitrogens is 1. The molecule has 0 bridgehead atoms. The van der Waals surface area contributed by atoms with Crippen LogP contribution >= 0.6 is 0 Å².